The van der Waals surface area contributed by atoms with Crippen LogP contribution in [0.15, 0.2) is 18.2 Å². The van der Waals surface area contributed by atoms with Gasteiger partial charge in [0.25, 0.3) is 0 Å². The summed E-state index contributed by atoms with van der Waals surface area (Å²) in [7, 11) is 0. The zero-order valence-electron chi connectivity index (χ0n) is 10.2. The van der Waals surface area contributed by atoms with E-state index < -0.39 is 35.5 Å². The first-order valence-electron chi connectivity index (χ1n) is 5.88. The van der Waals surface area contributed by atoms with E-state index in [1.165, 1.54) is 13.0 Å². The number of nitrogens with one attached hydrogen (secondary N) is 1. The van der Waals surface area contributed by atoms with Gasteiger partial charge in [0.15, 0.2) is 0 Å². The molecule has 102 valence electrons. The summed E-state index contributed by atoms with van der Waals surface area (Å²) in [4.78, 5) is 22.3. The molecule has 1 amide bonds. The van der Waals surface area contributed by atoms with Crippen molar-refractivity contribution >= 4 is 11.9 Å². The van der Waals surface area contributed by atoms with Crippen molar-refractivity contribution in [1.29, 1.82) is 0 Å². The molecule has 19 heavy (non-hydrogen) atoms. The molecule has 1 aromatic carbocycles. The van der Waals surface area contributed by atoms with Crippen LogP contribution in [-0.2, 0) is 9.59 Å². The quantitative estimate of drug-likeness (QED) is 0.873. The van der Waals surface area contributed by atoms with Crippen LogP contribution in [0.4, 0.5) is 8.78 Å². The molecule has 6 heteroatoms. The average Bonchev–Trinajstić information content (AvgIpc) is 3.08. The van der Waals surface area contributed by atoms with Gasteiger partial charge < -0.3 is 10.4 Å². The molecular formula is C13H13F2NO3. The third-order valence-electron chi connectivity index (χ3n) is 3.22. The van der Waals surface area contributed by atoms with Crippen LogP contribution >= 0.6 is 0 Å². The number of halogens is 2. The first-order chi connectivity index (χ1) is 8.90. The number of amides is 1. The lowest BCUT2D eigenvalue weighted by Crippen LogP contribution is -2.39. The highest BCUT2D eigenvalue weighted by Crippen LogP contribution is 2.48. The fraction of sp³-hybridized carbons (Fsp3) is 0.385. The summed E-state index contributed by atoms with van der Waals surface area (Å²) < 4.78 is 26.3. The highest BCUT2D eigenvalue weighted by Gasteiger charge is 2.45. The van der Waals surface area contributed by atoms with E-state index in [9.17, 15) is 18.4 Å². The Morgan fingerprint density at radius 2 is 2.11 bits per heavy atom. The minimum Gasteiger partial charge on any atom is -0.480 e. The van der Waals surface area contributed by atoms with Gasteiger partial charge in [0, 0.05) is 12.0 Å². The maximum atomic E-state index is 13.5. The van der Waals surface area contributed by atoms with Crippen molar-refractivity contribution in [2.75, 3.05) is 0 Å². The molecule has 0 aromatic heterocycles. The van der Waals surface area contributed by atoms with Gasteiger partial charge in [-0.05, 0) is 30.9 Å². The zero-order valence-corrected chi connectivity index (χ0v) is 10.2. The van der Waals surface area contributed by atoms with Gasteiger partial charge in [0.2, 0.25) is 5.91 Å². The molecule has 3 atom stereocenters. The Labute approximate surface area is 108 Å². The average molecular weight is 269 g/mol. The second-order valence-electron chi connectivity index (χ2n) is 4.68. The largest absolute Gasteiger partial charge is 0.480 e. The minimum atomic E-state index is -1.13. The van der Waals surface area contributed by atoms with E-state index in [1.807, 2.05) is 0 Å². The third-order valence-corrected chi connectivity index (χ3v) is 3.22. The molecule has 0 aliphatic heterocycles. The van der Waals surface area contributed by atoms with Gasteiger partial charge in [-0.15, -0.1) is 0 Å². The first kappa shape index (κ1) is 13.5. The molecule has 2 rings (SSSR count). The summed E-state index contributed by atoms with van der Waals surface area (Å²) in [5.41, 5.74) is 0.296. The second kappa shape index (κ2) is 4.95. The van der Waals surface area contributed by atoms with Crippen molar-refractivity contribution < 1.29 is 23.5 Å². The Balaban J connectivity index is 2.00. The van der Waals surface area contributed by atoms with Crippen LogP contribution in [0.25, 0.3) is 0 Å². The van der Waals surface area contributed by atoms with E-state index >= 15 is 0 Å². The van der Waals surface area contributed by atoms with Crippen molar-refractivity contribution in [2.45, 2.75) is 25.3 Å². The maximum absolute atomic E-state index is 13.5. The number of carbonyl (C=O) groups is 2. The molecule has 3 unspecified atom stereocenters. The minimum absolute atomic E-state index is 0.296. The van der Waals surface area contributed by atoms with Crippen molar-refractivity contribution in [3.63, 3.8) is 0 Å². The standard InChI is InChI=1S/C13H13F2NO3/c1-6(13(18)19)16-12(17)10-5-9(10)8-3-2-7(14)4-11(8)15/h2-4,6,9-10H,5H2,1H3,(H,16,17)(H,18,19). The molecule has 1 aromatic rings. The predicted octanol–water partition coefficient (Wildman–Crippen LogP) is 1.66. The SMILES string of the molecule is CC(NC(=O)C1CC1c1ccc(F)cc1F)C(=O)O. The molecule has 1 saturated carbocycles. The molecule has 1 fully saturated rings. The van der Waals surface area contributed by atoms with Crippen molar-refractivity contribution in [3.8, 4) is 0 Å². The molecule has 4 nitrogen and oxygen atoms in total. The van der Waals surface area contributed by atoms with E-state index in [2.05, 4.69) is 5.32 Å². The van der Waals surface area contributed by atoms with Gasteiger partial charge in [-0.3, -0.25) is 9.59 Å². The monoisotopic (exact) mass is 269 g/mol. The lowest BCUT2D eigenvalue weighted by Gasteiger charge is -2.09. The summed E-state index contributed by atoms with van der Waals surface area (Å²) in [6.07, 6.45) is 0.445. The second-order valence-corrected chi connectivity index (χ2v) is 4.68. The topological polar surface area (TPSA) is 66.4 Å². The summed E-state index contributed by atoms with van der Waals surface area (Å²) >= 11 is 0. The summed E-state index contributed by atoms with van der Waals surface area (Å²) in [5, 5.41) is 11.0. The normalized spacial score (nSPS) is 22.7. The maximum Gasteiger partial charge on any atom is 0.325 e. The molecule has 1 aliphatic carbocycles. The van der Waals surface area contributed by atoms with Gasteiger partial charge >= 0.3 is 5.97 Å². The van der Waals surface area contributed by atoms with Crippen LogP contribution in [0, 0.1) is 17.6 Å². The lowest BCUT2D eigenvalue weighted by atomic mass is 10.1. The van der Waals surface area contributed by atoms with Crippen LogP contribution in [-0.4, -0.2) is 23.0 Å². The number of rotatable bonds is 4. The van der Waals surface area contributed by atoms with E-state index in [4.69, 9.17) is 5.11 Å². The lowest BCUT2D eigenvalue weighted by molar-refractivity contribution is -0.141. The Hall–Kier alpha value is -1.98. The number of benzene rings is 1. The fourth-order valence-electron chi connectivity index (χ4n) is 2.01. The number of hydrogen-bond acceptors (Lipinski definition) is 2. The molecule has 1 aliphatic rings. The van der Waals surface area contributed by atoms with Crippen LogP contribution in [0.3, 0.4) is 0 Å². The van der Waals surface area contributed by atoms with Gasteiger partial charge in [-0.2, -0.15) is 0 Å². The molecule has 0 spiro atoms. The molecular weight excluding hydrogens is 256 g/mol. The Morgan fingerprint density at radius 3 is 2.68 bits per heavy atom. The van der Waals surface area contributed by atoms with Gasteiger partial charge in [-0.25, -0.2) is 8.78 Å². The predicted molar refractivity (Wildman–Crippen MR) is 62.4 cm³/mol. The smallest absolute Gasteiger partial charge is 0.325 e. The fourth-order valence-corrected chi connectivity index (χ4v) is 2.01. The zero-order chi connectivity index (χ0) is 14.2. The summed E-state index contributed by atoms with van der Waals surface area (Å²) in [6.45, 7) is 1.36. The summed E-state index contributed by atoms with van der Waals surface area (Å²) in [5.74, 6) is -3.63. The van der Waals surface area contributed by atoms with Gasteiger partial charge in [0.05, 0.1) is 0 Å². The number of aliphatic carboxylic acids is 1. The van der Waals surface area contributed by atoms with Crippen molar-refractivity contribution in [3.05, 3.63) is 35.4 Å². The first-order valence-corrected chi connectivity index (χ1v) is 5.88. The van der Waals surface area contributed by atoms with E-state index in [1.54, 1.807) is 0 Å². The number of carboxylic acids is 1. The Bertz CT molecular complexity index is 533. The molecule has 0 radical (unpaired) electrons. The molecule has 2 N–H and O–H groups in total. The number of hydrogen-bond donors (Lipinski definition) is 2. The van der Waals surface area contributed by atoms with Crippen LogP contribution in [0.2, 0.25) is 0 Å². The van der Waals surface area contributed by atoms with E-state index in [0.717, 1.165) is 12.1 Å². The van der Waals surface area contributed by atoms with Crippen molar-refractivity contribution in [1.82, 2.24) is 5.32 Å². The highest BCUT2D eigenvalue weighted by molar-refractivity contribution is 5.87. The molecule has 0 bridgehead atoms. The van der Waals surface area contributed by atoms with E-state index in [-0.39, 0.29) is 5.92 Å². The number of carbonyl (C=O) groups excluding carboxylic acids is 1. The Morgan fingerprint density at radius 1 is 1.42 bits per heavy atom. The van der Waals surface area contributed by atoms with Crippen LogP contribution < -0.4 is 5.32 Å². The van der Waals surface area contributed by atoms with Gasteiger partial charge in [-0.1, -0.05) is 6.07 Å². The number of carboxylic acid groups (broad SMARTS) is 1. The molecule has 0 saturated heterocycles. The third kappa shape index (κ3) is 2.89. The van der Waals surface area contributed by atoms with Crippen LogP contribution in [0.5, 0.6) is 0 Å². The van der Waals surface area contributed by atoms with Crippen molar-refractivity contribution in [2.24, 2.45) is 5.92 Å². The Kier molecular flexibility index (Phi) is 3.50. The summed E-state index contributed by atoms with van der Waals surface area (Å²) in [6, 6.07) is 2.27. The van der Waals surface area contributed by atoms with Crippen LogP contribution in [0.1, 0.15) is 24.8 Å². The highest BCUT2D eigenvalue weighted by atomic mass is 19.1. The van der Waals surface area contributed by atoms with Gasteiger partial charge in [0.1, 0.15) is 17.7 Å². The molecule has 0 heterocycles. The van der Waals surface area contributed by atoms with E-state index in [0.29, 0.717) is 12.0 Å².